The van der Waals surface area contributed by atoms with Gasteiger partial charge in [-0.3, -0.25) is 0 Å². The fourth-order valence-electron chi connectivity index (χ4n) is 1.23. The predicted octanol–water partition coefficient (Wildman–Crippen LogP) is 1.95. The van der Waals surface area contributed by atoms with Gasteiger partial charge in [0, 0.05) is 0 Å². The zero-order chi connectivity index (χ0) is 12.7. The van der Waals surface area contributed by atoms with Crippen LogP contribution in [0.2, 0.25) is 0 Å². The van der Waals surface area contributed by atoms with E-state index in [2.05, 4.69) is 0 Å². The summed E-state index contributed by atoms with van der Waals surface area (Å²) in [6.45, 7) is 8.28. The zero-order valence-electron chi connectivity index (χ0n) is 10.1. The average Bonchev–Trinajstić information content (AvgIpc) is 2.33. The molecule has 1 N–H and O–H groups in total. The molecule has 0 aromatic rings. The van der Waals surface area contributed by atoms with Crippen molar-refractivity contribution in [1.82, 2.24) is 0 Å². The summed E-state index contributed by atoms with van der Waals surface area (Å²) >= 11 is 0. The van der Waals surface area contributed by atoms with E-state index in [1.807, 2.05) is 0 Å². The minimum atomic E-state index is -1.31. The van der Waals surface area contributed by atoms with Crippen molar-refractivity contribution in [3.8, 4) is 0 Å². The molecule has 0 bridgehead atoms. The van der Waals surface area contributed by atoms with E-state index in [0.29, 0.717) is 0 Å². The summed E-state index contributed by atoms with van der Waals surface area (Å²) in [4.78, 5) is 10.6. The van der Waals surface area contributed by atoms with Gasteiger partial charge in [0.05, 0.1) is 16.8 Å². The lowest BCUT2D eigenvalue weighted by molar-refractivity contribution is -0.132. The first kappa shape index (κ1) is 13.2. The first-order valence-electron chi connectivity index (χ1n) is 5.04. The quantitative estimate of drug-likeness (QED) is 0.581. The van der Waals surface area contributed by atoms with Crippen molar-refractivity contribution in [3.05, 3.63) is 11.3 Å². The third-order valence-electron chi connectivity index (χ3n) is 3.14. The Labute approximate surface area is 94.6 Å². The van der Waals surface area contributed by atoms with Gasteiger partial charge in [-0.2, -0.15) is 0 Å². The van der Waals surface area contributed by atoms with Crippen LogP contribution in [0, 0.1) is 0 Å². The number of hydrogen-bond donors (Lipinski definition) is 1. The molecule has 1 aliphatic heterocycles. The van der Waals surface area contributed by atoms with Gasteiger partial charge < -0.3 is 14.4 Å². The van der Waals surface area contributed by atoms with Gasteiger partial charge in [0.1, 0.15) is 5.73 Å². The Morgan fingerprint density at radius 2 is 1.56 bits per heavy atom. The van der Waals surface area contributed by atoms with Crippen LogP contribution >= 0.6 is 0 Å². The SMILES string of the molecule is CC(C(=O)O)=C(F)B1OC(C)(C)C(C)(C)O1. The summed E-state index contributed by atoms with van der Waals surface area (Å²) in [6.07, 6.45) is 0. The molecule has 1 saturated heterocycles. The monoisotopic (exact) mass is 230 g/mol. The lowest BCUT2D eigenvalue weighted by Crippen LogP contribution is -2.41. The van der Waals surface area contributed by atoms with Crippen molar-refractivity contribution < 1.29 is 23.6 Å². The highest BCUT2D eigenvalue weighted by atomic mass is 19.1. The Kier molecular flexibility index (Phi) is 3.18. The maximum atomic E-state index is 13.7. The van der Waals surface area contributed by atoms with Crippen molar-refractivity contribution in [2.45, 2.75) is 45.8 Å². The number of aliphatic carboxylic acids is 1. The molecule has 0 saturated carbocycles. The molecule has 0 unspecified atom stereocenters. The molecular weight excluding hydrogens is 214 g/mol. The maximum absolute atomic E-state index is 13.7. The van der Waals surface area contributed by atoms with E-state index in [0.717, 1.165) is 0 Å². The lowest BCUT2D eigenvalue weighted by Gasteiger charge is -2.32. The molecule has 0 atom stereocenters. The van der Waals surface area contributed by atoms with Crippen LogP contribution in [0.5, 0.6) is 0 Å². The van der Waals surface area contributed by atoms with Crippen LogP contribution < -0.4 is 0 Å². The first-order chi connectivity index (χ1) is 7.08. The second kappa shape index (κ2) is 3.85. The van der Waals surface area contributed by atoms with Crippen LogP contribution in [0.1, 0.15) is 34.6 Å². The Morgan fingerprint density at radius 3 is 1.88 bits per heavy atom. The zero-order valence-corrected chi connectivity index (χ0v) is 10.1. The molecule has 16 heavy (non-hydrogen) atoms. The molecule has 1 aliphatic rings. The predicted molar refractivity (Wildman–Crippen MR) is 57.5 cm³/mol. The summed E-state index contributed by atoms with van der Waals surface area (Å²) in [5.41, 5.74) is -2.62. The van der Waals surface area contributed by atoms with E-state index >= 15 is 0 Å². The summed E-state index contributed by atoms with van der Waals surface area (Å²) < 4.78 is 24.4. The molecule has 0 radical (unpaired) electrons. The third kappa shape index (κ3) is 2.13. The van der Waals surface area contributed by atoms with E-state index in [1.54, 1.807) is 27.7 Å². The van der Waals surface area contributed by atoms with Crippen molar-refractivity contribution in [2.24, 2.45) is 0 Å². The van der Waals surface area contributed by atoms with Crippen LogP contribution in [0.4, 0.5) is 4.39 Å². The number of rotatable bonds is 2. The lowest BCUT2D eigenvalue weighted by atomic mass is 9.85. The van der Waals surface area contributed by atoms with Gasteiger partial charge in [-0.1, -0.05) is 0 Å². The van der Waals surface area contributed by atoms with Gasteiger partial charge in [0.2, 0.25) is 0 Å². The van der Waals surface area contributed by atoms with E-state index < -0.39 is 35.6 Å². The Balaban J connectivity index is 2.97. The van der Waals surface area contributed by atoms with Gasteiger partial charge in [-0.15, -0.1) is 0 Å². The summed E-state index contributed by atoms with van der Waals surface area (Å²) in [6, 6.07) is 0. The van der Waals surface area contributed by atoms with Crippen LogP contribution in [0.3, 0.4) is 0 Å². The maximum Gasteiger partial charge on any atom is 0.525 e. The molecule has 6 heteroatoms. The second-order valence-electron chi connectivity index (χ2n) is 4.87. The van der Waals surface area contributed by atoms with Gasteiger partial charge in [0.15, 0.2) is 0 Å². The molecule has 0 aromatic heterocycles. The van der Waals surface area contributed by atoms with E-state index in [-0.39, 0.29) is 0 Å². The molecule has 0 aromatic carbocycles. The molecule has 4 nitrogen and oxygen atoms in total. The van der Waals surface area contributed by atoms with Gasteiger partial charge in [-0.05, 0) is 34.6 Å². The van der Waals surface area contributed by atoms with E-state index in [1.165, 1.54) is 6.92 Å². The van der Waals surface area contributed by atoms with Crippen molar-refractivity contribution in [1.29, 1.82) is 0 Å². The molecule has 90 valence electrons. The van der Waals surface area contributed by atoms with Crippen molar-refractivity contribution in [2.75, 3.05) is 0 Å². The van der Waals surface area contributed by atoms with Crippen LogP contribution in [0.25, 0.3) is 0 Å². The summed E-state index contributed by atoms with van der Waals surface area (Å²) in [5.74, 6) is -1.31. The summed E-state index contributed by atoms with van der Waals surface area (Å²) in [7, 11) is -1.24. The minimum absolute atomic E-state index is 0.390. The number of carboxylic acids is 1. The average molecular weight is 230 g/mol. The third-order valence-corrected chi connectivity index (χ3v) is 3.14. The fourth-order valence-corrected chi connectivity index (χ4v) is 1.23. The van der Waals surface area contributed by atoms with Gasteiger partial charge in [0.25, 0.3) is 0 Å². The highest BCUT2D eigenvalue weighted by molar-refractivity contribution is 6.54. The van der Waals surface area contributed by atoms with Crippen LogP contribution in [0.15, 0.2) is 11.3 Å². The second-order valence-corrected chi connectivity index (χ2v) is 4.87. The largest absolute Gasteiger partial charge is 0.525 e. The van der Waals surface area contributed by atoms with Crippen molar-refractivity contribution >= 4 is 13.1 Å². The normalized spacial score (nSPS) is 24.2. The minimum Gasteiger partial charge on any atom is -0.478 e. The topological polar surface area (TPSA) is 55.8 Å². The highest BCUT2D eigenvalue weighted by Gasteiger charge is 2.53. The molecular formula is C10H16BFO4. The van der Waals surface area contributed by atoms with E-state index in [9.17, 15) is 9.18 Å². The molecule has 1 fully saturated rings. The Bertz CT molecular complexity index is 333. The van der Waals surface area contributed by atoms with Crippen LogP contribution in [-0.2, 0) is 14.1 Å². The molecule has 1 rings (SSSR count). The molecule has 1 heterocycles. The Hall–Kier alpha value is -0.875. The van der Waals surface area contributed by atoms with Crippen molar-refractivity contribution in [3.63, 3.8) is 0 Å². The van der Waals surface area contributed by atoms with Gasteiger partial charge >= 0.3 is 13.1 Å². The van der Waals surface area contributed by atoms with Gasteiger partial charge in [-0.25, -0.2) is 9.18 Å². The highest BCUT2D eigenvalue weighted by Crippen LogP contribution is 2.39. The first-order valence-corrected chi connectivity index (χ1v) is 5.04. The molecule has 0 amide bonds. The number of halogens is 1. The number of carbonyl (C=O) groups is 1. The smallest absolute Gasteiger partial charge is 0.478 e. The molecule has 0 aliphatic carbocycles. The molecule has 0 spiro atoms. The van der Waals surface area contributed by atoms with Crippen LogP contribution in [-0.4, -0.2) is 29.4 Å². The fraction of sp³-hybridized carbons (Fsp3) is 0.700. The standard InChI is InChI=1S/C10H16BFO4/c1-6(8(13)14)7(12)11-15-9(2,3)10(4,5)16-11/h1-5H3,(H,13,14). The summed E-state index contributed by atoms with van der Waals surface area (Å²) in [5, 5.41) is 8.66. The number of carboxylic acid groups (broad SMARTS) is 1. The number of hydrogen-bond acceptors (Lipinski definition) is 3. The Morgan fingerprint density at radius 1 is 1.19 bits per heavy atom. The van der Waals surface area contributed by atoms with E-state index in [4.69, 9.17) is 14.4 Å².